The molecular weight excluding hydrogens is 348 g/mol. The number of amides is 1. The van der Waals surface area contributed by atoms with Crippen LogP contribution in [0, 0.1) is 5.92 Å². The third-order valence-electron chi connectivity index (χ3n) is 6.72. The van der Waals surface area contributed by atoms with Crippen LogP contribution in [-0.4, -0.2) is 47.0 Å². The summed E-state index contributed by atoms with van der Waals surface area (Å²) in [5.41, 5.74) is 5.25. The van der Waals surface area contributed by atoms with Crippen LogP contribution in [-0.2, 0) is 17.6 Å². The van der Waals surface area contributed by atoms with Crippen LogP contribution in [0.3, 0.4) is 0 Å². The number of nitrogens with zero attached hydrogens (tertiary/aromatic N) is 2. The quantitative estimate of drug-likeness (QED) is 0.849. The molecule has 0 radical (unpaired) electrons. The second kappa shape index (κ2) is 8.52. The first-order valence-corrected chi connectivity index (χ1v) is 10.8. The number of benzene rings is 1. The van der Waals surface area contributed by atoms with Gasteiger partial charge in [-0.3, -0.25) is 4.79 Å². The minimum absolute atomic E-state index is 0.187. The summed E-state index contributed by atoms with van der Waals surface area (Å²) in [7, 11) is 0. The molecule has 1 aliphatic carbocycles. The molecule has 1 saturated heterocycles. The number of fused-ring (bicyclic) bond motifs is 1. The summed E-state index contributed by atoms with van der Waals surface area (Å²) in [4.78, 5) is 15.9. The topological polar surface area (TPSA) is 43.8 Å². The molecule has 4 nitrogen and oxygen atoms in total. The van der Waals surface area contributed by atoms with Crippen molar-refractivity contribution in [1.82, 2.24) is 9.80 Å². The minimum atomic E-state index is -0.382. The lowest BCUT2D eigenvalue weighted by atomic mass is 9.89. The number of aliphatic hydroxyl groups is 1. The van der Waals surface area contributed by atoms with Gasteiger partial charge in [-0.05, 0) is 73.3 Å². The smallest absolute Gasteiger partial charge is 0.219 e. The lowest BCUT2D eigenvalue weighted by Crippen LogP contribution is -2.37. The summed E-state index contributed by atoms with van der Waals surface area (Å²) in [6, 6.07) is 6.60. The van der Waals surface area contributed by atoms with Crippen molar-refractivity contribution in [2.75, 3.05) is 26.2 Å². The summed E-state index contributed by atoms with van der Waals surface area (Å²) in [6.07, 6.45) is 12.2. The van der Waals surface area contributed by atoms with Gasteiger partial charge in [0, 0.05) is 38.8 Å². The summed E-state index contributed by atoms with van der Waals surface area (Å²) in [5, 5.41) is 10.8. The highest BCUT2D eigenvalue weighted by Crippen LogP contribution is 2.29. The molecule has 1 unspecified atom stereocenters. The first kappa shape index (κ1) is 19.3. The fourth-order valence-electron chi connectivity index (χ4n) is 4.70. The van der Waals surface area contributed by atoms with Crippen LogP contribution >= 0.6 is 0 Å². The van der Waals surface area contributed by atoms with Crippen LogP contribution in [0.4, 0.5) is 0 Å². The minimum Gasteiger partial charge on any atom is -0.388 e. The maximum atomic E-state index is 11.5. The van der Waals surface area contributed by atoms with E-state index in [4.69, 9.17) is 0 Å². The van der Waals surface area contributed by atoms with E-state index in [1.54, 1.807) is 6.92 Å². The first-order valence-electron chi connectivity index (χ1n) is 10.8. The van der Waals surface area contributed by atoms with Gasteiger partial charge < -0.3 is 14.9 Å². The van der Waals surface area contributed by atoms with Gasteiger partial charge in [-0.25, -0.2) is 0 Å². The molecule has 1 N–H and O–H groups in total. The Bertz CT molecular complexity index is 775. The molecule has 0 spiro atoms. The highest BCUT2D eigenvalue weighted by atomic mass is 16.3. The molecule has 1 aromatic rings. The Labute approximate surface area is 168 Å². The maximum absolute atomic E-state index is 11.5. The summed E-state index contributed by atoms with van der Waals surface area (Å²) < 4.78 is 0. The molecule has 4 heteroatoms. The first-order chi connectivity index (χ1) is 13.6. The molecule has 0 saturated carbocycles. The second-order valence-electron chi connectivity index (χ2n) is 8.51. The van der Waals surface area contributed by atoms with E-state index in [2.05, 4.69) is 41.3 Å². The van der Waals surface area contributed by atoms with Gasteiger partial charge in [0.1, 0.15) is 0 Å². The van der Waals surface area contributed by atoms with Crippen molar-refractivity contribution in [2.45, 2.75) is 51.6 Å². The van der Waals surface area contributed by atoms with E-state index in [0.29, 0.717) is 5.92 Å². The number of allylic oxidation sites excluding steroid dienone is 3. The van der Waals surface area contributed by atoms with E-state index < -0.39 is 0 Å². The van der Waals surface area contributed by atoms with Crippen LogP contribution < -0.4 is 0 Å². The summed E-state index contributed by atoms with van der Waals surface area (Å²) in [5.74, 6) is 0.815. The zero-order valence-corrected chi connectivity index (χ0v) is 16.9. The third-order valence-corrected chi connectivity index (χ3v) is 6.72. The second-order valence-corrected chi connectivity index (χ2v) is 8.51. The van der Waals surface area contributed by atoms with Gasteiger partial charge in [0.15, 0.2) is 0 Å². The maximum Gasteiger partial charge on any atom is 0.219 e. The number of hydrogen-bond donors (Lipinski definition) is 1. The molecule has 3 aliphatic rings. The van der Waals surface area contributed by atoms with Crippen molar-refractivity contribution in [3.8, 4) is 0 Å². The Morgan fingerprint density at radius 2 is 1.86 bits per heavy atom. The molecule has 0 aromatic heterocycles. The summed E-state index contributed by atoms with van der Waals surface area (Å²) >= 11 is 0. The van der Waals surface area contributed by atoms with Gasteiger partial charge in [0.2, 0.25) is 5.91 Å². The number of aliphatic hydroxyl groups excluding tert-OH is 1. The van der Waals surface area contributed by atoms with E-state index in [9.17, 15) is 9.90 Å². The molecule has 2 aliphatic heterocycles. The number of carbonyl (C=O) groups is 1. The Morgan fingerprint density at radius 1 is 1.14 bits per heavy atom. The van der Waals surface area contributed by atoms with Gasteiger partial charge in [-0.15, -0.1) is 0 Å². The number of hydrogen-bond acceptors (Lipinski definition) is 3. The lowest BCUT2D eigenvalue weighted by molar-refractivity contribution is -0.130. The lowest BCUT2D eigenvalue weighted by Gasteiger charge is -2.31. The van der Waals surface area contributed by atoms with E-state index >= 15 is 0 Å². The molecule has 1 aromatic carbocycles. The van der Waals surface area contributed by atoms with E-state index in [1.165, 1.54) is 16.8 Å². The van der Waals surface area contributed by atoms with Crippen LogP contribution in [0.5, 0.6) is 0 Å². The van der Waals surface area contributed by atoms with Crippen LogP contribution in [0.1, 0.15) is 55.4 Å². The number of piperidine rings is 1. The van der Waals surface area contributed by atoms with Gasteiger partial charge in [-0.2, -0.15) is 0 Å². The zero-order valence-electron chi connectivity index (χ0n) is 16.9. The average molecular weight is 381 g/mol. The Kier molecular flexibility index (Phi) is 5.86. The van der Waals surface area contributed by atoms with Crippen molar-refractivity contribution >= 4 is 5.91 Å². The molecule has 1 amide bonds. The Hall–Kier alpha value is -2.07. The molecule has 28 heavy (non-hydrogen) atoms. The van der Waals surface area contributed by atoms with Gasteiger partial charge in [0.25, 0.3) is 0 Å². The van der Waals surface area contributed by atoms with E-state index in [-0.39, 0.29) is 12.0 Å². The largest absolute Gasteiger partial charge is 0.388 e. The standard InChI is InChI=1S/C24H32N2O2/c1-18(27)25-13-9-19(10-14-25)5-8-24(28)22-7-6-20-11-15-26(23-3-2-4-23)16-12-21(20)17-22/h2-4,6-7,17,19,24,28H,5,8-16H2,1H3. The van der Waals surface area contributed by atoms with Crippen LogP contribution in [0.2, 0.25) is 0 Å². The molecule has 1 fully saturated rings. The molecule has 1 atom stereocenters. The Balaban J connectivity index is 1.30. The average Bonchev–Trinajstić information content (AvgIpc) is 2.87. The highest BCUT2D eigenvalue weighted by molar-refractivity contribution is 5.73. The van der Waals surface area contributed by atoms with Gasteiger partial charge in [0.05, 0.1) is 6.10 Å². The monoisotopic (exact) mass is 380 g/mol. The highest BCUT2D eigenvalue weighted by Gasteiger charge is 2.22. The normalized spacial score (nSPS) is 20.9. The SMILES string of the molecule is CC(=O)N1CCC(CCC(O)c2ccc3c(c2)CCN(C2=CC=C2)CC3)CC1. The molecular formula is C24H32N2O2. The van der Waals surface area contributed by atoms with Crippen molar-refractivity contribution < 1.29 is 9.90 Å². The predicted molar refractivity (Wildman–Crippen MR) is 112 cm³/mol. The van der Waals surface area contributed by atoms with Crippen molar-refractivity contribution in [1.29, 1.82) is 0 Å². The summed E-state index contributed by atoms with van der Waals surface area (Å²) in [6.45, 7) is 5.52. The third kappa shape index (κ3) is 4.33. The number of carbonyl (C=O) groups excluding carboxylic acids is 1. The fourth-order valence-corrected chi connectivity index (χ4v) is 4.70. The van der Waals surface area contributed by atoms with Gasteiger partial charge >= 0.3 is 0 Å². The molecule has 150 valence electrons. The predicted octanol–water partition coefficient (Wildman–Crippen LogP) is 3.61. The number of rotatable bonds is 5. The zero-order chi connectivity index (χ0) is 19.5. The molecule has 0 bridgehead atoms. The Morgan fingerprint density at radius 3 is 2.50 bits per heavy atom. The van der Waals surface area contributed by atoms with Gasteiger partial charge in [-0.1, -0.05) is 24.3 Å². The molecule has 4 rings (SSSR count). The van der Waals surface area contributed by atoms with Crippen molar-refractivity contribution in [3.05, 3.63) is 58.8 Å². The van der Waals surface area contributed by atoms with Crippen molar-refractivity contribution in [2.24, 2.45) is 5.92 Å². The van der Waals surface area contributed by atoms with Crippen LogP contribution in [0.15, 0.2) is 42.1 Å². The van der Waals surface area contributed by atoms with Crippen LogP contribution in [0.25, 0.3) is 0 Å². The van der Waals surface area contributed by atoms with Crippen molar-refractivity contribution in [3.63, 3.8) is 0 Å². The van der Waals surface area contributed by atoms with E-state index in [0.717, 1.165) is 70.3 Å². The molecule has 2 heterocycles. The number of likely N-dealkylation sites (tertiary alicyclic amines) is 1. The van der Waals surface area contributed by atoms with E-state index in [1.807, 2.05) is 4.90 Å². The fraction of sp³-hybridized carbons (Fsp3) is 0.542.